The van der Waals surface area contributed by atoms with E-state index >= 15 is 0 Å². The van der Waals surface area contributed by atoms with Gasteiger partial charge in [0.05, 0.1) is 6.07 Å². The first kappa shape index (κ1) is 10.3. The molecule has 0 saturated carbocycles. The van der Waals surface area contributed by atoms with Gasteiger partial charge in [0.1, 0.15) is 17.5 Å². The van der Waals surface area contributed by atoms with E-state index < -0.39 is 5.91 Å². The molecule has 1 rings (SSSR count). The highest BCUT2D eigenvalue weighted by molar-refractivity contribution is 6.29. The Morgan fingerprint density at radius 3 is 3.00 bits per heavy atom. The summed E-state index contributed by atoms with van der Waals surface area (Å²) < 4.78 is 0. The number of pyridine rings is 1. The lowest BCUT2D eigenvalue weighted by Crippen LogP contribution is -2.23. The van der Waals surface area contributed by atoms with E-state index in [-0.39, 0.29) is 23.1 Å². The number of carbonyl (C=O) groups excluding carboxylic acids is 1. The van der Waals surface area contributed by atoms with Gasteiger partial charge in [-0.2, -0.15) is 5.26 Å². The van der Waals surface area contributed by atoms with Crippen LogP contribution >= 0.6 is 11.6 Å². The van der Waals surface area contributed by atoms with Gasteiger partial charge in [-0.05, 0) is 12.1 Å². The summed E-state index contributed by atoms with van der Waals surface area (Å²) in [5.74, 6) is -0.234. The Morgan fingerprint density at radius 2 is 2.43 bits per heavy atom. The van der Waals surface area contributed by atoms with Gasteiger partial charge in [-0.15, -0.1) is 0 Å². The molecule has 0 atom stereocenters. The lowest BCUT2D eigenvalue weighted by Gasteiger charge is -2.02. The van der Waals surface area contributed by atoms with Crippen LogP contribution in [0.25, 0.3) is 0 Å². The summed E-state index contributed by atoms with van der Waals surface area (Å²) in [5.41, 5.74) is 5.67. The second-order valence-corrected chi connectivity index (χ2v) is 2.83. The molecule has 0 unspecified atom stereocenters. The van der Waals surface area contributed by atoms with E-state index in [4.69, 9.17) is 22.6 Å². The normalized spacial score (nSPS) is 9.14. The van der Waals surface area contributed by atoms with Crippen LogP contribution in [0.5, 0.6) is 0 Å². The van der Waals surface area contributed by atoms with E-state index in [9.17, 15) is 4.79 Å². The lowest BCUT2D eigenvalue weighted by molar-refractivity contribution is 0.0958. The van der Waals surface area contributed by atoms with Gasteiger partial charge in [0, 0.05) is 5.56 Å². The number of carbonyl (C=O) groups is 1. The van der Waals surface area contributed by atoms with Crippen LogP contribution in [0, 0.1) is 11.3 Å². The number of hydrogen-bond donors (Lipinski definition) is 2. The highest BCUT2D eigenvalue weighted by Gasteiger charge is 2.06. The standard InChI is InChI=1S/C8H7ClN4O/c9-6-3-5(4-7(11)13-6)8(14)12-2-1-10/h3-4H,2H2,(H2,11,13)(H,12,14). The summed E-state index contributed by atoms with van der Waals surface area (Å²) in [5, 5.41) is 10.7. The second-order valence-electron chi connectivity index (χ2n) is 2.44. The fraction of sp³-hybridized carbons (Fsp3) is 0.125. The second kappa shape index (κ2) is 4.44. The number of rotatable bonds is 2. The Morgan fingerprint density at radius 1 is 1.71 bits per heavy atom. The first-order valence-corrected chi connectivity index (χ1v) is 4.09. The molecule has 14 heavy (non-hydrogen) atoms. The zero-order valence-electron chi connectivity index (χ0n) is 7.12. The third kappa shape index (κ3) is 2.61. The predicted octanol–water partition coefficient (Wildman–Crippen LogP) is 0.571. The molecule has 1 aromatic heterocycles. The number of anilines is 1. The lowest BCUT2D eigenvalue weighted by atomic mass is 10.2. The highest BCUT2D eigenvalue weighted by Crippen LogP contribution is 2.11. The van der Waals surface area contributed by atoms with Crippen molar-refractivity contribution in [3.63, 3.8) is 0 Å². The van der Waals surface area contributed by atoms with Gasteiger partial charge in [0.2, 0.25) is 0 Å². The van der Waals surface area contributed by atoms with E-state index in [1.54, 1.807) is 6.07 Å². The van der Waals surface area contributed by atoms with Crippen LogP contribution in [0.15, 0.2) is 12.1 Å². The summed E-state index contributed by atoms with van der Waals surface area (Å²) in [6.45, 7) is -0.0569. The smallest absolute Gasteiger partial charge is 0.252 e. The molecule has 6 heteroatoms. The summed E-state index contributed by atoms with van der Waals surface area (Å²) in [4.78, 5) is 15.0. The van der Waals surface area contributed by atoms with Crippen molar-refractivity contribution in [2.45, 2.75) is 0 Å². The minimum absolute atomic E-state index is 0.0569. The summed E-state index contributed by atoms with van der Waals surface area (Å²) >= 11 is 5.59. The van der Waals surface area contributed by atoms with Crippen LogP contribution in [0.3, 0.4) is 0 Å². The van der Waals surface area contributed by atoms with Crippen LogP contribution in [-0.4, -0.2) is 17.4 Å². The molecule has 72 valence electrons. The van der Waals surface area contributed by atoms with Crippen LogP contribution in [0.1, 0.15) is 10.4 Å². The van der Waals surface area contributed by atoms with Crippen molar-refractivity contribution in [1.29, 1.82) is 5.26 Å². The maximum absolute atomic E-state index is 11.3. The average Bonchev–Trinajstić information content (AvgIpc) is 2.12. The van der Waals surface area contributed by atoms with Gasteiger partial charge in [0.15, 0.2) is 0 Å². The molecule has 0 fully saturated rings. The highest BCUT2D eigenvalue weighted by atomic mass is 35.5. The number of nitrogens with zero attached hydrogens (tertiary/aromatic N) is 2. The monoisotopic (exact) mass is 210 g/mol. The van der Waals surface area contributed by atoms with Gasteiger partial charge in [-0.1, -0.05) is 11.6 Å². The molecule has 0 saturated heterocycles. The molecule has 0 spiro atoms. The van der Waals surface area contributed by atoms with Gasteiger partial charge >= 0.3 is 0 Å². The van der Waals surface area contributed by atoms with E-state index in [1.807, 2.05) is 0 Å². The third-order valence-electron chi connectivity index (χ3n) is 1.40. The molecule has 0 aromatic carbocycles. The van der Waals surface area contributed by atoms with Crippen molar-refractivity contribution in [2.24, 2.45) is 0 Å². The van der Waals surface area contributed by atoms with Gasteiger partial charge in [0.25, 0.3) is 5.91 Å². The number of nitriles is 1. The predicted molar refractivity (Wildman–Crippen MR) is 51.6 cm³/mol. The van der Waals surface area contributed by atoms with Crippen molar-refractivity contribution < 1.29 is 4.79 Å². The molecule has 5 nitrogen and oxygen atoms in total. The zero-order chi connectivity index (χ0) is 10.6. The Bertz CT molecular complexity index is 379. The number of aromatic nitrogens is 1. The van der Waals surface area contributed by atoms with Crippen LogP contribution in [-0.2, 0) is 0 Å². The van der Waals surface area contributed by atoms with Crippen molar-refractivity contribution in [3.8, 4) is 6.07 Å². The van der Waals surface area contributed by atoms with Crippen LogP contribution in [0.2, 0.25) is 5.15 Å². The summed E-state index contributed by atoms with van der Waals surface area (Å²) in [6, 6.07) is 4.55. The van der Waals surface area contributed by atoms with Crippen molar-refractivity contribution in [2.75, 3.05) is 12.3 Å². The topological polar surface area (TPSA) is 91.8 Å². The molecule has 0 aliphatic carbocycles. The first-order valence-electron chi connectivity index (χ1n) is 3.71. The Balaban J connectivity index is 2.85. The molecule has 0 radical (unpaired) electrons. The van der Waals surface area contributed by atoms with E-state index in [0.717, 1.165) is 0 Å². The number of nitrogens with one attached hydrogen (secondary N) is 1. The van der Waals surface area contributed by atoms with E-state index in [2.05, 4.69) is 10.3 Å². The Labute approximate surface area is 85.5 Å². The van der Waals surface area contributed by atoms with Gasteiger partial charge < -0.3 is 11.1 Å². The molecular formula is C8H7ClN4O. The van der Waals surface area contributed by atoms with Crippen LogP contribution < -0.4 is 11.1 Å². The van der Waals surface area contributed by atoms with Gasteiger partial charge in [-0.3, -0.25) is 4.79 Å². The maximum atomic E-state index is 11.3. The fourth-order valence-electron chi connectivity index (χ4n) is 0.870. The van der Waals surface area contributed by atoms with E-state index in [0.29, 0.717) is 0 Å². The van der Waals surface area contributed by atoms with Crippen molar-refractivity contribution in [3.05, 3.63) is 22.8 Å². The fourth-order valence-corrected chi connectivity index (χ4v) is 1.09. The quantitative estimate of drug-likeness (QED) is 0.552. The molecule has 1 amide bonds. The molecule has 0 aliphatic heterocycles. The number of nitrogen functional groups attached to an aromatic ring is 1. The number of nitrogens with two attached hydrogens (primary N) is 1. The Hall–Kier alpha value is -1.80. The zero-order valence-corrected chi connectivity index (χ0v) is 7.88. The maximum Gasteiger partial charge on any atom is 0.252 e. The summed E-state index contributed by atoms with van der Waals surface area (Å²) in [6.07, 6.45) is 0. The number of amides is 1. The molecule has 1 aromatic rings. The van der Waals surface area contributed by atoms with Crippen LogP contribution in [0.4, 0.5) is 5.82 Å². The minimum Gasteiger partial charge on any atom is -0.384 e. The molecule has 1 heterocycles. The minimum atomic E-state index is -0.400. The molecule has 0 aliphatic rings. The van der Waals surface area contributed by atoms with Gasteiger partial charge in [-0.25, -0.2) is 4.98 Å². The molecule has 3 N–H and O–H groups in total. The van der Waals surface area contributed by atoms with E-state index in [1.165, 1.54) is 12.1 Å². The summed E-state index contributed by atoms with van der Waals surface area (Å²) in [7, 11) is 0. The average molecular weight is 211 g/mol. The van der Waals surface area contributed by atoms with Crippen molar-refractivity contribution in [1.82, 2.24) is 10.3 Å². The number of halogens is 1. The third-order valence-corrected chi connectivity index (χ3v) is 1.60. The largest absolute Gasteiger partial charge is 0.384 e. The SMILES string of the molecule is N#CCNC(=O)c1cc(N)nc(Cl)c1. The number of hydrogen-bond acceptors (Lipinski definition) is 4. The van der Waals surface area contributed by atoms with Crippen molar-refractivity contribution >= 4 is 23.3 Å². The Kier molecular flexibility index (Phi) is 3.26. The first-order chi connectivity index (χ1) is 6.63. The molecular weight excluding hydrogens is 204 g/mol. The molecule has 0 bridgehead atoms.